The van der Waals surface area contributed by atoms with Gasteiger partial charge in [-0.3, -0.25) is 0 Å². The number of hydrogen-bond acceptors (Lipinski definition) is 2. The van der Waals surface area contributed by atoms with Crippen LogP contribution in [0.15, 0.2) is 12.1 Å². The minimum Gasteiger partial charge on any atom is -0.309 e. The van der Waals surface area contributed by atoms with E-state index in [1.807, 2.05) is 0 Å². The van der Waals surface area contributed by atoms with Gasteiger partial charge in [0.1, 0.15) is 0 Å². The zero-order valence-corrected chi connectivity index (χ0v) is 12.2. The van der Waals surface area contributed by atoms with Gasteiger partial charge in [-0.2, -0.15) is 11.8 Å². The summed E-state index contributed by atoms with van der Waals surface area (Å²) in [7, 11) is 0. The molecule has 0 fully saturated rings. The smallest absolute Gasteiger partial charge is 0.0446 e. The number of aryl methyl sites for hydroxylation is 2. The van der Waals surface area contributed by atoms with E-state index in [1.165, 1.54) is 23.3 Å². The molecule has 1 N–H and O–H groups in total. The van der Waals surface area contributed by atoms with Crippen molar-refractivity contribution in [3.8, 4) is 0 Å². The maximum atomic E-state index is 3.69. The van der Waals surface area contributed by atoms with Crippen LogP contribution in [0.4, 0.5) is 0 Å². The van der Waals surface area contributed by atoms with E-state index in [0.29, 0.717) is 6.04 Å². The van der Waals surface area contributed by atoms with Gasteiger partial charge < -0.3 is 5.32 Å². The summed E-state index contributed by atoms with van der Waals surface area (Å²) in [6, 6.07) is 5.09. The van der Waals surface area contributed by atoms with E-state index in [9.17, 15) is 0 Å². The highest BCUT2D eigenvalue weighted by Crippen LogP contribution is 2.41. The average Bonchev–Trinajstić information content (AvgIpc) is 2.34. The first kappa shape index (κ1) is 13.0. The summed E-state index contributed by atoms with van der Waals surface area (Å²) in [6.45, 7) is 10.1. The molecule has 2 heteroatoms. The highest BCUT2D eigenvalue weighted by molar-refractivity contribution is 7.99. The molecule has 0 aromatic heterocycles. The lowest BCUT2D eigenvalue weighted by molar-refractivity contribution is 0.511. The lowest BCUT2D eigenvalue weighted by Gasteiger charge is -2.35. The number of benzene rings is 1. The van der Waals surface area contributed by atoms with Crippen molar-refractivity contribution < 1.29 is 0 Å². The molecule has 1 aromatic rings. The molecule has 0 aliphatic carbocycles. The molecule has 0 bridgehead atoms. The van der Waals surface area contributed by atoms with Gasteiger partial charge in [-0.05, 0) is 49.1 Å². The summed E-state index contributed by atoms with van der Waals surface area (Å²) < 4.78 is 0. The number of nitrogens with one attached hydrogen (secondary N) is 1. The predicted molar refractivity (Wildman–Crippen MR) is 77.7 cm³/mol. The largest absolute Gasteiger partial charge is 0.309 e. The average molecular weight is 249 g/mol. The Morgan fingerprint density at radius 1 is 1.24 bits per heavy atom. The van der Waals surface area contributed by atoms with Gasteiger partial charge in [0.05, 0.1) is 0 Å². The summed E-state index contributed by atoms with van der Waals surface area (Å²) in [5.41, 5.74) is 6.06. The lowest BCUT2D eigenvalue weighted by atomic mass is 9.90. The number of thioether (sulfide) groups is 1. The molecule has 2 atom stereocenters. The van der Waals surface area contributed by atoms with Crippen molar-refractivity contribution in [3.63, 3.8) is 0 Å². The fourth-order valence-electron chi connectivity index (χ4n) is 2.79. The standard InChI is InChI=1S/C15H23NS/c1-5-13-15(16-6-2)14-11(4)8-7-10(3)12(14)9-17-13/h7-8,13,15-16H,5-6,9H2,1-4H3. The Kier molecular flexibility index (Phi) is 4.16. The molecule has 1 aliphatic heterocycles. The van der Waals surface area contributed by atoms with Gasteiger partial charge in [-0.15, -0.1) is 0 Å². The number of hydrogen-bond donors (Lipinski definition) is 1. The molecule has 1 aliphatic rings. The van der Waals surface area contributed by atoms with E-state index in [-0.39, 0.29) is 0 Å². The Labute approximate surface area is 109 Å². The van der Waals surface area contributed by atoms with Crippen LogP contribution in [0.25, 0.3) is 0 Å². The fourth-order valence-corrected chi connectivity index (χ4v) is 4.22. The first-order chi connectivity index (χ1) is 8.19. The van der Waals surface area contributed by atoms with Crippen LogP contribution in [0.5, 0.6) is 0 Å². The maximum absolute atomic E-state index is 3.69. The van der Waals surface area contributed by atoms with Crippen LogP contribution in [0, 0.1) is 13.8 Å². The number of fused-ring (bicyclic) bond motifs is 1. The molecule has 0 radical (unpaired) electrons. The summed E-state index contributed by atoms with van der Waals surface area (Å²) in [5, 5.41) is 4.41. The Morgan fingerprint density at radius 3 is 2.59 bits per heavy atom. The second kappa shape index (κ2) is 5.45. The van der Waals surface area contributed by atoms with Crippen molar-refractivity contribution in [3.05, 3.63) is 34.4 Å². The molecule has 1 nitrogen and oxygen atoms in total. The highest BCUT2D eigenvalue weighted by atomic mass is 32.2. The van der Waals surface area contributed by atoms with E-state index in [2.05, 4.69) is 56.9 Å². The fraction of sp³-hybridized carbons (Fsp3) is 0.600. The van der Waals surface area contributed by atoms with E-state index in [1.54, 1.807) is 11.1 Å². The van der Waals surface area contributed by atoms with E-state index in [4.69, 9.17) is 0 Å². The first-order valence-electron chi connectivity index (χ1n) is 6.63. The van der Waals surface area contributed by atoms with Crippen molar-refractivity contribution in [2.45, 2.75) is 51.2 Å². The molecule has 2 rings (SSSR count). The van der Waals surface area contributed by atoms with Crippen molar-refractivity contribution in [1.82, 2.24) is 5.32 Å². The van der Waals surface area contributed by atoms with Gasteiger partial charge in [0.2, 0.25) is 0 Å². The summed E-state index contributed by atoms with van der Waals surface area (Å²) in [6.07, 6.45) is 1.25. The molecular formula is C15H23NS. The highest BCUT2D eigenvalue weighted by Gasteiger charge is 2.30. The third-order valence-electron chi connectivity index (χ3n) is 3.76. The van der Waals surface area contributed by atoms with Crippen LogP contribution >= 0.6 is 11.8 Å². The Bertz CT molecular complexity index is 400. The van der Waals surface area contributed by atoms with Crippen molar-refractivity contribution in [2.75, 3.05) is 6.54 Å². The topological polar surface area (TPSA) is 12.0 Å². The maximum Gasteiger partial charge on any atom is 0.0446 e. The van der Waals surface area contributed by atoms with Gasteiger partial charge in [-0.1, -0.05) is 26.0 Å². The zero-order valence-electron chi connectivity index (χ0n) is 11.3. The molecule has 17 heavy (non-hydrogen) atoms. The molecule has 0 saturated heterocycles. The van der Waals surface area contributed by atoms with Gasteiger partial charge >= 0.3 is 0 Å². The van der Waals surface area contributed by atoms with Crippen molar-refractivity contribution in [1.29, 1.82) is 0 Å². The molecule has 1 aromatic carbocycles. The second-order valence-corrected chi connectivity index (χ2v) is 6.11. The summed E-state index contributed by atoms with van der Waals surface area (Å²) in [4.78, 5) is 0. The molecular weight excluding hydrogens is 226 g/mol. The second-order valence-electron chi connectivity index (χ2n) is 4.88. The monoisotopic (exact) mass is 249 g/mol. The van der Waals surface area contributed by atoms with Crippen LogP contribution in [-0.2, 0) is 5.75 Å². The molecule has 0 spiro atoms. The van der Waals surface area contributed by atoms with Crippen molar-refractivity contribution >= 4 is 11.8 Å². The van der Waals surface area contributed by atoms with Gasteiger partial charge in [0.25, 0.3) is 0 Å². The van der Waals surface area contributed by atoms with Crippen LogP contribution in [-0.4, -0.2) is 11.8 Å². The van der Waals surface area contributed by atoms with Gasteiger partial charge in [-0.25, -0.2) is 0 Å². The number of rotatable bonds is 3. The lowest BCUT2D eigenvalue weighted by Crippen LogP contribution is -2.34. The molecule has 0 saturated carbocycles. The third kappa shape index (κ3) is 2.38. The van der Waals surface area contributed by atoms with E-state index in [0.717, 1.165) is 11.8 Å². The summed E-state index contributed by atoms with van der Waals surface area (Å²) >= 11 is 2.11. The van der Waals surface area contributed by atoms with Crippen LogP contribution in [0.2, 0.25) is 0 Å². The normalized spacial score (nSPS) is 23.5. The quantitative estimate of drug-likeness (QED) is 0.869. The molecule has 0 amide bonds. The first-order valence-corrected chi connectivity index (χ1v) is 7.67. The van der Waals surface area contributed by atoms with Crippen molar-refractivity contribution in [2.24, 2.45) is 0 Å². The predicted octanol–water partition coefficient (Wildman–Crippen LogP) is 3.98. The molecule has 1 heterocycles. The van der Waals surface area contributed by atoms with E-state index < -0.39 is 0 Å². The SMILES string of the molecule is CCNC1c2c(C)ccc(C)c2CSC1CC. The van der Waals surface area contributed by atoms with Gasteiger partial charge in [0, 0.05) is 17.0 Å². The minimum atomic E-state index is 0.540. The Morgan fingerprint density at radius 2 is 1.94 bits per heavy atom. The molecule has 2 unspecified atom stereocenters. The Hall–Kier alpha value is -0.470. The summed E-state index contributed by atoms with van der Waals surface area (Å²) in [5.74, 6) is 1.18. The van der Waals surface area contributed by atoms with Crippen LogP contribution in [0.1, 0.15) is 48.6 Å². The van der Waals surface area contributed by atoms with Crippen LogP contribution < -0.4 is 5.32 Å². The Balaban J connectivity index is 2.47. The zero-order chi connectivity index (χ0) is 12.4. The van der Waals surface area contributed by atoms with E-state index >= 15 is 0 Å². The minimum absolute atomic E-state index is 0.540. The van der Waals surface area contributed by atoms with Gasteiger partial charge in [0.15, 0.2) is 0 Å². The van der Waals surface area contributed by atoms with Crippen LogP contribution in [0.3, 0.4) is 0 Å². The molecule has 94 valence electrons. The third-order valence-corrected chi connectivity index (χ3v) is 5.25.